The molecule has 1 aromatic rings. The first-order valence-electron chi connectivity index (χ1n) is 8.71. The molecule has 24 heavy (non-hydrogen) atoms. The van der Waals surface area contributed by atoms with Gasteiger partial charge in [-0.25, -0.2) is 4.79 Å². The lowest BCUT2D eigenvalue weighted by Gasteiger charge is -2.34. The number of urea groups is 1. The minimum absolute atomic E-state index is 0.115. The number of rotatable bonds is 7. The number of likely N-dealkylation sites (N-methyl/N-ethyl adjacent to an activating group) is 1. The number of piperazine rings is 1. The first-order valence-corrected chi connectivity index (χ1v) is 8.71. The average molecular weight is 338 g/mol. The van der Waals surface area contributed by atoms with E-state index < -0.39 is 0 Å². The largest absolute Gasteiger partial charge is 0.339 e. The van der Waals surface area contributed by atoms with Crippen LogP contribution in [0.3, 0.4) is 0 Å². The van der Waals surface area contributed by atoms with Gasteiger partial charge in [-0.3, -0.25) is 4.90 Å². The van der Waals surface area contributed by atoms with Gasteiger partial charge in [0.2, 0.25) is 5.89 Å². The molecule has 0 saturated carbocycles. The van der Waals surface area contributed by atoms with E-state index in [1.165, 1.54) is 0 Å². The smallest absolute Gasteiger partial charge is 0.315 e. The first-order chi connectivity index (χ1) is 11.4. The van der Waals surface area contributed by atoms with E-state index >= 15 is 0 Å². The summed E-state index contributed by atoms with van der Waals surface area (Å²) in [6, 6.07) is -0.0374. The van der Waals surface area contributed by atoms with Gasteiger partial charge in [0, 0.05) is 57.6 Å². The van der Waals surface area contributed by atoms with E-state index in [0.29, 0.717) is 24.7 Å². The molecule has 1 atom stereocenters. The van der Waals surface area contributed by atoms with Crippen LogP contribution in [0.5, 0.6) is 0 Å². The fourth-order valence-corrected chi connectivity index (χ4v) is 2.63. The molecule has 8 heteroatoms. The summed E-state index contributed by atoms with van der Waals surface area (Å²) in [5.74, 6) is 1.51. The third-order valence-electron chi connectivity index (χ3n) is 4.13. The van der Waals surface area contributed by atoms with Crippen LogP contribution in [0.4, 0.5) is 4.79 Å². The predicted octanol–water partition coefficient (Wildman–Crippen LogP) is 0.671. The predicted molar refractivity (Wildman–Crippen MR) is 92.0 cm³/mol. The molecule has 0 unspecified atom stereocenters. The van der Waals surface area contributed by atoms with E-state index in [-0.39, 0.29) is 18.0 Å². The average Bonchev–Trinajstić information content (AvgIpc) is 2.98. The quantitative estimate of drug-likeness (QED) is 0.760. The zero-order valence-corrected chi connectivity index (χ0v) is 15.2. The van der Waals surface area contributed by atoms with Crippen LogP contribution in [0.1, 0.15) is 38.4 Å². The molecule has 0 aliphatic carbocycles. The molecule has 1 fully saturated rings. The molecule has 136 valence electrons. The standard InChI is InChI=1S/C16H30N6O2/c1-12(2)15-19-14(24-20-15)5-6-17-16(23)18-13(3)11-22-9-7-21(4)8-10-22/h12-13H,5-11H2,1-4H3,(H2,17,18,23)/t13-/m0/s1. The molecule has 1 saturated heterocycles. The van der Waals surface area contributed by atoms with E-state index in [9.17, 15) is 4.79 Å². The van der Waals surface area contributed by atoms with Crippen molar-refractivity contribution in [1.82, 2.24) is 30.6 Å². The molecule has 2 amide bonds. The van der Waals surface area contributed by atoms with E-state index in [1.807, 2.05) is 20.8 Å². The Morgan fingerprint density at radius 3 is 2.58 bits per heavy atom. The maximum Gasteiger partial charge on any atom is 0.315 e. The van der Waals surface area contributed by atoms with Gasteiger partial charge in [0.05, 0.1) is 0 Å². The molecule has 2 heterocycles. The fourth-order valence-electron chi connectivity index (χ4n) is 2.63. The van der Waals surface area contributed by atoms with Gasteiger partial charge in [0.1, 0.15) is 0 Å². The second-order valence-electron chi connectivity index (χ2n) is 6.86. The molecule has 1 aliphatic rings. The minimum Gasteiger partial charge on any atom is -0.339 e. The summed E-state index contributed by atoms with van der Waals surface area (Å²) >= 11 is 0. The topological polar surface area (TPSA) is 86.5 Å². The van der Waals surface area contributed by atoms with Crippen LogP contribution in [-0.4, -0.2) is 78.3 Å². The third kappa shape index (κ3) is 6.09. The van der Waals surface area contributed by atoms with E-state index in [1.54, 1.807) is 0 Å². The van der Waals surface area contributed by atoms with Gasteiger partial charge < -0.3 is 20.1 Å². The van der Waals surface area contributed by atoms with Crippen LogP contribution < -0.4 is 10.6 Å². The molecule has 0 spiro atoms. The number of aromatic nitrogens is 2. The van der Waals surface area contributed by atoms with Crippen LogP contribution in [-0.2, 0) is 6.42 Å². The highest BCUT2D eigenvalue weighted by Gasteiger charge is 2.17. The van der Waals surface area contributed by atoms with Crippen LogP contribution in [0.2, 0.25) is 0 Å². The Labute approximate surface area is 144 Å². The van der Waals surface area contributed by atoms with Crippen molar-refractivity contribution < 1.29 is 9.32 Å². The third-order valence-corrected chi connectivity index (χ3v) is 4.13. The summed E-state index contributed by atoms with van der Waals surface area (Å²) in [5.41, 5.74) is 0. The number of nitrogens with one attached hydrogen (secondary N) is 2. The van der Waals surface area contributed by atoms with Gasteiger partial charge in [-0.1, -0.05) is 19.0 Å². The molecular weight excluding hydrogens is 308 g/mol. The van der Waals surface area contributed by atoms with Gasteiger partial charge in [0.25, 0.3) is 0 Å². The van der Waals surface area contributed by atoms with Crippen molar-refractivity contribution >= 4 is 6.03 Å². The Morgan fingerprint density at radius 2 is 1.96 bits per heavy atom. The van der Waals surface area contributed by atoms with Crippen molar-refractivity contribution in [3.05, 3.63) is 11.7 Å². The summed E-state index contributed by atoms with van der Waals surface area (Å²) in [4.78, 5) is 20.9. The Balaban J connectivity index is 1.61. The molecule has 1 aromatic heterocycles. The van der Waals surface area contributed by atoms with Crippen molar-refractivity contribution in [2.24, 2.45) is 0 Å². The maximum absolute atomic E-state index is 11.9. The van der Waals surface area contributed by atoms with Crippen LogP contribution in [0.25, 0.3) is 0 Å². The number of hydrogen-bond acceptors (Lipinski definition) is 6. The van der Waals surface area contributed by atoms with E-state index in [4.69, 9.17) is 4.52 Å². The fraction of sp³-hybridized carbons (Fsp3) is 0.812. The monoisotopic (exact) mass is 338 g/mol. The Kier molecular flexibility index (Phi) is 6.99. The van der Waals surface area contributed by atoms with Crippen molar-refractivity contribution in [2.75, 3.05) is 46.3 Å². The molecule has 1 aliphatic heterocycles. The van der Waals surface area contributed by atoms with Gasteiger partial charge in [-0.2, -0.15) is 4.98 Å². The van der Waals surface area contributed by atoms with Crippen LogP contribution in [0, 0.1) is 0 Å². The Bertz CT molecular complexity index is 510. The zero-order chi connectivity index (χ0) is 17.5. The lowest BCUT2D eigenvalue weighted by molar-refractivity contribution is 0.144. The van der Waals surface area contributed by atoms with Crippen LogP contribution >= 0.6 is 0 Å². The number of hydrogen-bond donors (Lipinski definition) is 2. The highest BCUT2D eigenvalue weighted by Crippen LogP contribution is 2.09. The first kappa shape index (κ1) is 18.7. The van der Waals surface area contributed by atoms with Crippen molar-refractivity contribution in [1.29, 1.82) is 0 Å². The SMILES string of the molecule is CC(C)c1noc(CCNC(=O)N[C@@H](C)CN2CCN(C)CC2)n1. The Hall–Kier alpha value is -1.67. The molecule has 8 nitrogen and oxygen atoms in total. The number of carbonyl (C=O) groups is 1. The van der Waals surface area contributed by atoms with E-state index in [0.717, 1.165) is 32.7 Å². The molecule has 2 rings (SSSR count). The minimum atomic E-state index is -0.153. The normalized spacial score (nSPS) is 17.9. The molecule has 2 N–H and O–H groups in total. The summed E-state index contributed by atoms with van der Waals surface area (Å²) < 4.78 is 5.15. The Morgan fingerprint density at radius 1 is 1.25 bits per heavy atom. The van der Waals surface area contributed by atoms with Gasteiger partial charge in [-0.05, 0) is 14.0 Å². The summed E-state index contributed by atoms with van der Waals surface area (Å²) in [6.07, 6.45) is 0.542. The molecule has 0 bridgehead atoms. The van der Waals surface area contributed by atoms with Gasteiger partial charge in [0.15, 0.2) is 5.82 Å². The van der Waals surface area contributed by atoms with Crippen molar-refractivity contribution in [2.45, 2.75) is 39.2 Å². The second kappa shape index (κ2) is 8.98. The highest BCUT2D eigenvalue weighted by atomic mass is 16.5. The van der Waals surface area contributed by atoms with Gasteiger partial charge in [-0.15, -0.1) is 0 Å². The van der Waals surface area contributed by atoms with Gasteiger partial charge >= 0.3 is 6.03 Å². The number of carbonyl (C=O) groups excluding carboxylic acids is 1. The van der Waals surface area contributed by atoms with Crippen LogP contribution in [0.15, 0.2) is 4.52 Å². The van der Waals surface area contributed by atoms with Crippen molar-refractivity contribution in [3.63, 3.8) is 0 Å². The number of amides is 2. The van der Waals surface area contributed by atoms with Crippen molar-refractivity contribution in [3.8, 4) is 0 Å². The molecular formula is C16H30N6O2. The molecule has 0 aromatic carbocycles. The maximum atomic E-state index is 11.9. The summed E-state index contributed by atoms with van der Waals surface area (Å²) in [7, 11) is 2.14. The number of nitrogens with zero attached hydrogens (tertiary/aromatic N) is 4. The lowest BCUT2D eigenvalue weighted by atomic mass is 10.2. The summed E-state index contributed by atoms with van der Waals surface area (Å²) in [5, 5.41) is 9.73. The zero-order valence-electron chi connectivity index (χ0n) is 15.2. The van der Waals surface area contributed by atoms with E-state index in [2.05, 4.69) is 37.6 Å². The lowest BCUT2D eigenvalue weighted by Crippen LogP contribution is -2.51. The molecule has 0 radical (unpaired) electrons. The summed E-state index contributed by atoms with van der Waals surface area (Å²) in [6.45, 7) is 11.7. The highest BCUT2D eigenvalue weighted by molar-refractivity contribution is 5.74. The second-order valence-corrected chi connectivity index (χ2v) is 6.86.